The molecule has 0 aliphatic heterocycles. The van der Waals surface area contributed by atoms with Crippen LogP contribution in [0.15, 0.2) is 54.2 Å². The molecule has 2 N–H and O–H groups in total. The molecule has 0 saturated carbocycles. The zero-order chi connectivity index (χ0) is 22.7. The molecule has 0 spiro atoms. The van der Waals surface area contributed by atoms with Crippen molar-refractivity contribution < 1.29 is 14.3 Å². The predicted octanol–water partition coefficient (Wildman–Crippen LogP) is 4.01. The third-order valence-electron chi connectivity index (χ3n) is 5.00. The van der Waals surface area contributed by atoms with E-state index in [0.717, 1.165) is 16.0 Å². The first kappa shape index (κ1) is 21.8. The molecular formula is C23H22FN5O2S. The molecule has 1 amide bonds. The first-order chi connectivity index (χ1) is 15.5. The van der Waals surface area contributed by atoms with Gasteiger partial charge in [-0.05, 0) is 54.6 Å². The van der Waals surface area contributed by atoms with Crippen molar-refractivity contribution in [2.24, 2.45) is 0 Å². The molecular weight excluding hydrogens is 429 g/mol. The van der Waals surface area contributed by atoms with Gasteiger partial charge >= 0.3 is 0 Å². The van der Waals surface area contributed by atoms with Crippen molar-refractivity contribution in [2.45, 2.75) is 26.4 Å². The van der Waals surface area contributed by atoms with E-state index >= 15 is 0 Å². The molecule has 1 aromatic carbocycles. The molecule has 0 aliphatic rings. The molecule has 32 heavy (non-hydrogen) atoms. The van der Waals surface area contributed by atoms with Crippen molar-refractivity contribution in [3.05, 3.63) is 71.1 Å². The number of aromatic nitrogens is 4. The Balaban J connectivity index is 1.77. The zero-order valence-corrected chi connectivity index (χ0v) is 18.4. The van der Waals surface area contributed by atoms with Gasteiger partial charge in [0.25, 0.3) is 11.9 Å². The van der Waals surface area contributed by atoms with Crippen molar-refractivity contribution in [3.63, 3.8) is 0 Å². The second-order valence-electron chi connectivity index (χ2n) is 7.28. The van der Waals surface area contributed by atoms with Crippen LogP contribution in [-0.2, 0) is 0 Å². The average molecular weight is 452 g/mol. The van der Waals surface area contributed by atoms with E-state index < -0.39 is 6.10 Å². The van der Waals surface area contributed by atoms with Crippen LogP contribution in [0.4, 0.5) is 4.39 Å². The smallest absolute Gasteiger partial charge is 0.255 e. The van der Waals surface area contributed by atoms with Gasteiger partial charge in [0.15, 0.2) is 0 Å². The number of nitrogens with one attached hydrogen (secondary N) is 1. The normalized spacial score (nSPS) is 12.0. The summed E-state index contributed by atoms with van der Waals surface area (Å²) in [7, 11) is 0. The Morgan fingerprint density at radius 1 is 1.25 bits per heavy atom. The van der Waals surface area contributed by atoms with Gasteiger partial charge in [0.05, 0.1) is 28.4 Å². The lowest BCUT2D eigenvalue weighted by Crippen LogP contribution is -2.31. The van der Waals surface area contributed by atoms with Gasteiger partial charge in [-0.25, -0.2) is 14.4 Å². The highest BCUT2D eigenvalue weighted by Crippen LogP contribution is 2.30. The van der Waals surface area contributed by atoms with E-state index in [1.54, 1.807) is 18.3 Å². The van der Waals surface area contributed by atoms with E-state index in [-0.39, 0.29) is 18.3 Å². The third kappa shape index (κ3) is 4.44. The summed E-state index contributed by atoms with van der Waals surface area (Å²) in [5.41, 5.74) is 3.17. The van der Waals surface area contributed by atoms with Gasteiger partial charge in [-0.15, -0.1) is 11.3 Å². The Labute approximate surface area is 188 Å². The Kier molecular flexibility index (Phi) is 6.38. The molecule has 4 rings (SSSR count). The number of hydrogen-bond acceptors (Lipinski definition) is 6. The average Bonchev–Trinajstić information content (AvgIpc) is 3.48. The van der Waals surface area contributed by atoms with Crippen LogP contribution in [0.1, 0.15) is 29.3 Å². The van der Waals surface area contributed by atoms with E-state index in [1.165, 1.54) is 34.3 Å². The van der Waals surface area contributed by atoms with Gasteiger partial charge in [-0.3, -0.25) is 4.79 Å². The standard InChI is InChI=1S/C23H22FN5O2S/c1-3-17(30)12-25-22(31)18-13-27-29(21(18)19-5-4-10-32-19)23-26-11-14(2)20(28-23)15-6-8-16(24)9-7-15/h4-11,13,17,30H,3,12H2,1-2H3,(H,25,31)/t17-/m0/s1. The van der Waals surface area contributed by atoms with Crippen molar-refractivity contribution in [1.82, 2.24) is 25.1 Å². The maximum absolute atomic E-state index is 13.4. The molecule has 3 aromatic heterocycles. The Bertz CT molecular complexity index is 1220. The van der Waals surface area contributed by atoms with Gasteiger partial charge in [0.1, 0.15) is 11.5 Å². The van der Waals surface area contributed by atoms with Gasteiger partial charge in [-0.2, -0.15) is 9.78 Å². The van der Waals surface area contributed by atoms with Gasteiger partial charge in [-0.1, -0.05) is 13.0 Å². The quantitative estimate of drug-likeness (QED) is 0.443. The molecule has 0 fully saturated rings. The molecule has 0 unspecified atom stereocenters. The van der Waals surface area contributed by atoms with Gasteiger partial charge in [0, 0.05) is 18.3 Å². The zero-order valence-electron chi connectivity index (χ0n) is 17.6. The number of carbonyl (C=O) groups excluding carboxylic acids is 1. The summed E-state index contributed by atoms with van der Waals surface area (Å²) in [4.78, 5) is 22.8. The van der Waals surface area contributed by atoms with Crippen LogP contribution in [0.25, 0.3) is 27.8 Å². The van der Waals surface area contributed by atoms with E-state index in [4.69, 9.17) is 0 Å². The number of aryl methyl sites for hydroxylation is 1. The molecule has 3 heterocycles. The lowest BCUT2D eigenvalue weighted by molar-refractivity contribution is 0.0914. The van der Waals surface area contributed by atoms with Crippen molar-refractivity contribution in [3.8, 4) is 27.8 Å². The van der Waals surface area contributed by atoms with Crippen LogP contribution >= 0.6 is 11.3 Å². The van der Waals surface area contributed by atoms with Crippen molar-refractivity contribution in [2.75, 3.05) is 6.54 Å². The fraction of sp³-hybridized carbons (Fsp3) is 0.217. The highest BCUT2D eigenvalue weighted by atomic mass is 32.1. The molecule has 1 atom stereocenters. The Hall–Kier alpha value is -3.43. The van der Waals surface area contributed by atoms with Crippen LogP contribution in [0.3, 0.4) is 0 Å². The number of aliphatic hydroxyl groups excluding tert-OH is 1. The Morgan fingerprint density at radius 3 is 2.72 bits per heavy atom. The van der Waals surface area contributed by atoms with Gasteiger partial charge < -0.3 is 10.4 Å². The monoisotopic (exact) mass is 451 g/mol. The highest BCUT2D eigenvalue weighted by molar-refractivity contribution is 7.13. The molecule has 0 aliphatic carbocycles. The molecule has 9 heteroatoms. The summed E-state index contributed by atoms with van der Waals surface area (Å²) >= 11 is 1.47. The predicted molar refractivity (Wildman–Crippen MR) is 121 cm³/mol. The number of rotatable bonds is 7. The van der Waals surface area contributed by atoms with Crippen LogP contribution in [0.2, 0.25) is 0 Å². The second-order valence-corrected chi connectivity index (χ2v) is 8.22. The summed E-state index contributed by atoms with van der Waals surface area (Å²) in [6, 6.07) is 9.87. The lowest BCUT2D eigenvalue weighted by Gasteiger charge is -2.11. The van der Waals surface area contributed by atoms with Crippen molar-refractivity contribution in [1.29, 1.82) is 0 Å². The SMILES string of the molecule is CC[C@H](O)CNC(=O)c1cnn(-c2ncc(C)c(-c3ccc(F)cc3)n2)c1-c1cccs1. The molecule has 0 bridgehead atoms. The summed E-state index contributed by atoms with van der Waals surface area (Å²) in [6.45, 7) is 3.88. The van der Waals surface area contributed by atoms with Crippen LogP contribution < -0.4 is 5.32 Å². The molecule has 7 nitrogen and oxygen atoms in total. The molecule has 164 valence electrons. The molecule has 0 radical (unpaired) electrons. The maximum atomic E-state index is 13.4. The number of nitrogens with zero attached hydrogens (tertiary/aromatic N) is 4. The lowest BCUT2D eigenvalue weighted by atomic mass is 10.1. The van der Waals surface area contributed by atoms with Crippen molar-refractivity contribution >= 4 is 17.2 Å². The van der Waals surface area contributed by atoms with Gasteiger partial charge in [0.2, 0.25) is 0 Å². The Morgan fingerprint density at radius 2 is 2.03 bits per heavy atom. The molecule has 0 saturated heterocycles. The first-order valence-corrected chi connectivity index (χ1v) is 11.0. The minimum Gasteiger partial charge on any atom is -0.391 e. The van der Waals surface area contributed by atoms with E-state index in [1.807, 2.05) is 31.4 Å². The highest BCUT2D eigenvalue weighted by Gasteiger charge is 2.23. The minimum absolute atomic E-state index is 0.153. The third-order valence-corrected chi connectivity index (χ3v) is 5.88. The fourth-order valence-electron chi connectivity index (χ4n) is 3.20. The van der Waals surface area contributed by atoms with E-state index in [0.29, 0.717) is 29.3 Å². The van der Waals surface area contributed by atoms with Crippen LogP contribution in [0.5, 0.6) is 0 Å². The number of hydrogen-bond donors (Lipinski definition) is 2. The van der Waals surface area contributed by atoms with Crippen LogP contribution in [0, 0.1) is 12.7 Å². The topological polar surface area (TPSA) is 92.9 Å². The number of carbonyl (C=O) groups is 1. The van der Waals surface area contributed by atoms with E-state index in [9.17, 15) is 14.3 Å². The number of benzene rings is 1. The number of aliphatic hydroxyl groups is 1. The summed E-state index contributed by atoms with van der Waals surface area (Å²) < 4.78 is 14.9. The summed E-state index contributed by atoms with van der Waals surface area (Å²) in [5, 5.41) is 18.9. The van der Waals surface area contributed by atoms with Crippen LogP contribution in [-0.4, -0.2) is 43.4 Å². The summed E-state index contributed by atoms with van der Waals surface area (Å²) in [6.07, 6.45) is 3.08. The number of amides is 1. The molecule has 4 aromatic rings. The number of halogens is 1. The maximum Gasteiger partial charge on any atom is 0.255 e. The summed E-state index contributed by atoms with van der Waals surface area (Å²) in [5.74, 6) is -0.361. The number of thiophene rings is 1. The van der Waals surface area contributed by atoms with E-state index in [2.05, 4.69) is 20.4 Å². The minimum atomic E-state index is -0.613. The first-order valence-electron chi connectivity index (χ1n) is 10.2. The fourth-order valence-corrected chi connectivity index (χ4v) is 3.97. The largest absolute Gasteiger partial charge is 0.391 e. The second kappa shape index (κ2) is 9.37.